The number of aliphatic hydroxyl groups is 1. The fourth-order valence-electron chi connectivity index (χ4n) is 3.37. The largest absolute Gasteiger partial charge is 0.466 e. The van der Waals surface area contributed by atoms with Crippen LogP contribution >= 0.6 is 11.3 Å². The van der Waals surface area contributed by atoms with E-state index in [1.54, 1.807) is 11.4 Å². The van der Waals surface area contributed by atoms with Crippen LogP contribution in [0.15, 0.2) is 29.2 Å². The smallest absolute Gasteiger partial charge is 0.349 e. The van der Waals surface area contributed by atoms with Crippen LogP contribution in [0.4, 0.5) is 0 Å². The molecular weight excluding hydrogens is 360 g/mol. The summed E-state index contributed by atoms with van der Waals surface area (Å²) in [6, 6.07) is 3.17. The van der Waals surface area contributed by atoms with Gasteiger partial charge in [-0.15, -0.1) is 11.3 Å². The van der Waals surface area contributed by atoms with Crippen molar-refractivity contribution < 1.29 is 33.8 Å². The third kappa shape index (κ3) is 3.34. The molecular formula is C18H20O7S. The van der Waals surface area contributed by atoms with Gasteiger partial charge < -0.3 is 14.6 Å². The molecule has 0 unspecified atom stereocenters. The van der Waals surface area contributed by atoms with E-state index in [9.17, 15) is 24.3 Å². The second-order valence-electron chi connectivity index (χ2n) is 6.19. The van der Waals surface area contributed by atoms with Crippen LogP contribution in [0.3, 0.4) is 0 Å². The Morgan fingerprint density at radius 3 is 2.46 bits per heavy atom. The number of ether oxygens (including phenoxy) is 2. The van der Waals surface area contributed by atoms with Crippen LogP contribution < -0.4 is 0 Å². The average Bonchev–Trinajstić information content (AvgIpc) is 3.17. The summed E-state index contributed by atoms with van der Waals surface area (Å²) < 4.78 is 9.92. The third-order valence-electron chi connectivity index (χ3n) is 4.51. The van der Waals surface area contributed by atoms with Crippen molar-refractivity contribution in [3.8, 4) is 0 Å². The van der Waals surface area contributed by atoms with Crippen LogP contribution in [-0.2, 0) is 23.9 Å². The lowest BCUT2D eigenvalue weighted by atomic mass is 9.80. The number of thiophene rings is 1. The number of carbonyl (C=O) groups is 4. The Labute approximate surface area is 154 Å². The fraction of sp³-hybridized carbons (Fsp3) is 0.444. The maximum atomic E-state index is 12.9. The van der Waals surface area contributed by atoms with Crippen molar-refractivity contribution in [3.63, 3.8) is 0 Å². The number of carbonyl (C=O) groups excluding carboxylic acids is 4. The highest BCUT2D eigenvalue weighted by molar-refractivity contribution is 7.11. The van der Waals surface area contributed by atoms with Gasteiger partial charge in [0.05, 0.1) is 18.9 Å². The Kier molecular flexibility index (Phi) is 5.77. The predicted octanol–water partition coefficient (Wildman–Crippen LogP) is 1.55. The number of hydrogen-bond acceptors (Lipinski definition) is 8. The first-order valence-corrected chi connectivity index (χ1v) is 8.80. The monoisotopic (exact) mass is 380 g/mol. The minimum atomic E-state index is -1.96. The number of ketones is 2. The molecule has 0 aromatic carbocycles. The molecule has 8 heteroatoms. The van der Waals surface area contributed by atoms with E-state index in [2.05, 4.69) is 4.74 Å². The molecule has 7 nitrogen and oxygen atoms in total. The molecule has 0 aliphatic heterocycles. The molecule has 140 valence electrons. The predicted molar refractivity (Wildman–Crippen MR) is 92.6 cm³/mol. The van der Waals surface area contributed by atoms with Gasteiger partial charge in [-0.3, -0.25) is 9.59 Å². The van der Waals surface area contributed by atoms with E-state index in [-0.39, 0.29) is 10.5 Å². The normalized spacial score (nSPS) is 28.7. The van der Waals surface area contributed by atoms with Gasteiger partial charge in [-0.25, -0.2) is 9.59 Å². The summed E-state index contributed by atoms with van der Waals surface area (Å²) in [4.78, 5) is 49.6. The first-order chi connectivity index (χ1) is 12.2. The molecule has 1 heterocycles. The molecule has 2 rings (SSSR count). The molecule has 4 atom stereocenters. The fourth-order valence-corrected chi connectivity index (χ4v) is 3.98. The molecule has 0 saturated heterocycles. The molecule has 0 bridgehead atoms. The number of esters is 2. The Hall–Kier alpha value is -2.32. The zero-order valence-corrected chi connectivity index (χ0v) is 15.7. The number of rotatable bonds is 5. The van der Waals surface area contributed by atoms with E-state index < -0.39 is 47.0 Å². The third-order valence-corrected chi connectivity index (χ3v) is 5.36. The number of hydrogen-bond donors (Lipinski definition) is 1. The molecule has 1 fully saturated rings. The highest BCUT2D eigenvalue weighted by Crippen LogP contribution is 2.44. The van der Waals surface area contributed by atoms with Gasteiger partial charge in [-0.2, -0.15) is 0 Å². The molecule has 26 heavy (non-hydrogen) atoms. The Bertz CT molecular complexity index is 761. The SMILES string of the molecule is C/C=C(/C(=O)OC)[C@H]1C(=O)[C@H](OC(=O)c2cccs2)[C@](C)(O)[C@H]1C(C)=O. The molecule has 0 amide bonds. The molecule has 1 aliphatic carbocycles. The van der Waals surface area contributed by atoms with Gasteiger partial charge in [0.25, 0.3) is 0 Å². The van der Waals surface area contributed by atoms with E-state index in [0.717, 1.165) is 18.4 Å². The maximum absolute atomic E-state index is 12.9. The van der Waals surface area contributed by atoms with Crippen LogP contribution in [0.5, 0.6) is 0 Å². The molecule has 1 aromatic rings. The summed E-state index contributed by atoms with van der Waals surface area (Å²) in [5, 5.41) is 12.5. The Morgan fingerprint density at radius 1 is 1.35 bits per heavy atom. The Balaban J connectivity index is 2.45. The molecule has 1 N–H and O–H groups in total. The van der Waals surface area contributed by atoms with Gasteiger partial charge in [-0.1, -0.05) is 12.1 Å². The first kappa shape index (κ1) is 20.0. The summed E-state index contributed by atoms with van der Waals surface area (Å²) in [6.45, 7) is 4.00. The van der Waals surface area contributed by atoms with E-state index in [1.807, 2.05) is 0 Å². The van der Waals surface area contributed by atoms with Crippen molar-refractivity contribution in [2.75, 3.05) is 7.11 Å². The van der Waals surface area contributed by atoms with E-state index in [1.165, 1.54) is 32.9 Å². The first-order valence-electron chi connectivity index (χ1n) is 7.92. The van der Waals surface area contributed by atoms with Gasteiger partial charge in [-0.05, 0) is 32.2 Å². The summed E-state index contributed by atoms with van der Waals surface area (Å²) >= 11 is 1.12. The Morgan fingerprint density at radius 2 is 2.00 bits per heavy atom. The van der Waals surface area contributed by atoms with Crippen molar-refractivity contribution >= 4 is 34.8 Å². The second-order valence-corrected chi connectivity index (χ2v) is 7.14. The zero-order chi connectivity index (χ0) is 19.6. The molecule has 0 spiro atoms. The van der Waals surface area contributed by atoms with Gasteiger partial charge in [0, 0.05) is 5.57 Å². The van der Waals surface area contributed by atoms with Gasteiger partial charge in [0.2, 0.25) is 0 Å². The molecule has 1 saturated carbocycles. The quantitative estimate of drug-likeness (QED) is 0.610. The number of methoxy groups -OCH3 is 1. The van der Waals surface area contributed by atoms with Crippen molar-refractivity contribution in [3.05, 3.63) is 34.0 Å². The van der Waals surface area contributed by atoms with Gasteiger partial charge in [0.1, 0.15) is 16.3 Å². The summed E-state index contributed by atoms with van der Waals surface area (Å²) in [5.41, 5.74) is -2.00. The van der Waals surface area contributed by atoms with Crippen LogP contribution in [-0.4, -0.2) is 47.4 Å². The summed E-state index contributed by atoms with van der Waals surface area (Å²) in [7, 11) is 1.15. The van der Waals surface area contributed by atoms with Crippen LogP contribution in [0, 0.1) is 11.8 Å². The second kappa shape index (κ2) is 7.51. The van der Waals surface area contributed by atoms with Crippen molar-refractivity contribution in [1.82, 2.24) is 0 Å². The zero-order valence-electron chi connectivity index (χ0n) is 14.8. The van der Waals surface area contributed by atoms with E-state index in [4.69, 9.17) is 4.74 Å². The lowest BCUT2D eigenvalue weighted by Crippen LogP contribution is -2.46. The highest BCUT2D eigenvalue weighted by atomic mass is 32.1. The van der Waals surface area contributed by atoms with Crippen molar-refractivity contribution in [2.45, 2.75) is 32.5 Å². The number of Topliss-reactive ketones (excluding diaryl/α,β-unsaturated/α-hetero) is 2. The van der Waals surface area contributed by atoms with E-state index in [0.29, 0.717) is 0 Å². The lowest BCUT2D eigenvalue weighted by Gasteiger charge is -2.29. The minimum Gasteiger partial charge on any atom is -0.466 e. The van der Waals surface area contributed by atoms with Gasteiger partial charge >= 0.3 is 11.9 Å². The van der Waals surface area contributed by atoms with Crippen molar-refractivity contribution in [1.29, 1.82) is 0 Å². The minimum absolute atomic E-state index is 0.0485. The molecule has 1 aliphatic rings. The maximum Gasteiger partial charge on any atom is 0.349 e. The number of allylic oxidation sites excluding steroid dienone is 1. The van der Waals surface area contributed by atoms with Gasteiger partial charge in [0.15, 0.2) is 11.9 Å². The lowest BCUT2D eigenvalue weighted by molar-refractivity contribution is -0.139. The molecule has 0 radical (unpaired) electrons. The summed E-state index contributed by atoms with van der Waals surface area (Å²) in [6.07, 6.45) is -0.209. The average molecular weight is 380 g/mol. The van der Waals surface area contributed by atoms with Crippen LogP contribution in [0.2, 0.25) is 0 Å². The standard InChI is InChI=1S/C18H20O7S/c1-5-10(16(21)24-4)12-13(9(2)19)18(3,23)15(14(12)20)25-17(22)11-7-6-8-26-11/h5-8,12-13,15,23H,1-4H3/b10-5+/t12-,13+,15+,18-/m1/s1. The van der Waals surface area contributed by atoms with Crippen LogP contribution in [0.1, 0.15) is 30.4 Å². The topological polar surface area (TPSA) is 107 Å². The summed E-state index contributed by atoms with van der Waals surface area (Å²) in [5.74, 6) is -5.24. The molecule has 1 aromatic heterocycles. The van der Waals surface area contributed by atoms with E-state index >= 15 is 0 Å². The van der Waals surface area contributed by atoms with Crippen molar-refractivity contribution in [2.24, 2.45) is 11.8 Å². The highest BCUT2D eigenvalue weighted by Gasteiger charge is 2.62. The van der Waals surface area contributed by atoms with Crippen LogP contribution in [0.25, 0.3) is 0 Å².